The van der Waals surface area contributed by atoms with Crippen LogP contribution in [0.1, 0.15) is 44.8 Å². The molecule has 0 saturated carbocycles. The van der Waals surface area contributed by atoms with E-state index in [2.05, 4.69) is 10.1 Å². The fourth-order valence-electron chi connectivity index (χ4n) is 3.55. The molecule has 29 heavy (non-hydrogen) atoms. The van der Waals surface area contributed by atoms with E-state index in [0.29, 0.717) is 24.2 Å². The molecule has 2 aromatic heterocycles. The van der Waals surface area contributed by atoms with Crippen molar-refractivity contribution >= 4 is 35.1 Å². The summed E-state index contributed by atoms with van der Waals surface area (Å²) in [6.45, 7) is 0. The van der Waals surface area contributed by atoms with Gasteiger partial charge in [0.25, 0.3) is 5.91 Å². The van der Waals surface area contributed by atoms with Gasteiger partial charge in [-0.15, -0.1) is 0 Å². The van der Waals surface area contributed by atoms with E-state index in [1.807, 2.05) is 0 Å². The molecular weight excluding hydrogens is 420 g/mol. The van der Waals surface area contributed by atoms with E-state index in [-0.39, 0.29) is 26.7 Å². The van der Waals surface area contributed by atoms with Gasteiger partial charge in [-0.3, -0.25) is 9.78 Å². The van der Waals surface area contributed by atoms with E-state index >= 15 is 0 Å². The van der Waals surface area contributed by atoms with Crippen molar-refractivity contribution in [2.45, 2.75) is 25.7 Å². The van der Waals surface area contributed by atoms with Crippen molar-refractivity contribution in [2.24, 2.45) is 0 Å². The Labute approximate surface area is 174 Å². The van der Waals surface area contributed by atoms with Gasteiger partial charge in [0.15, 0.2) is 0 Å². The Morgan fingerprint density at radius 3 is 2.45 bits per heavy atom. The minimum absolute atomic E-state index is 0.0763. The zero-order chi connectivity index (χ0) is 20.7. The Morgan fingerprint density at radius 2 is 1.79 bits per heavy atom. The number of carbonyl (C=O) groups is 2. The van der Waals surface area contributed by atoms with Gasteiger partial charge in [-0.25, -0.2) is 9.18 Å². The number of carbonyl (C=O) groups excluding carboxylic acids is 1. The van der Waals surface area contributed by atoms with Crippen LogP contribution in [0.5, 0.6) is 0 Å². The highest BCUT2D eigenvalue weighted by Gasteiger charge is 2.28. The van der Waals surface area contributed by atoms with Gasteiger partial charge in [0.05, 0.1) is 32.6 Å². The highest BCUT2D eigenvalue weighted by atomic mass is 35.5. The van der Waals surface area contributed by atoms with Crippen molar-refractivity contribution in [1.29, 1.82) is 0 Å². The Kier molecular flexibility index (Phi) is 5.10. The second-order valence-corrected chi connectivity index (χ2v) is 7.49. The molecule has 6 nitrogen and oxygen atoms in total. The van der Waals surface area contributed by atoms with Crippen LogP contribution in [0.15, 0.2) is 30.6 Å². The van der Waals surface area contributed by atoms with E-state index in [1.165, 1.54) is 29.2 Å². The number of benzene rings is 1. The van der Waals surface area contributed by atoms with Crippen LogP contribution in [0.25, 0.3) is 11.3 Å². The summed E-state index contributed by atoms with van der Waals surface area (Å²) in [5.41, 5.74) is 1.84. The average molecular weight is 434 g/mol. The van der Waals surface area contributed by atoms with E-state index in [1.54, 1.807) is 0 Å². The lowest BCUT2D eigenvalue weighted by Gasteiger charge is -2.14. The SMILES string of the molecule is O=C(O)c1ccc(-c2nn(C(=O)c3c(Cl)cncc3Cl)c3c2CCCC3)c(F)c1. The quantitative estimate of drug-likeness (QED) is 0.649. The minimum Gasteiger partial charge on any atom is -0.478 e. The predicted octanol–water partition coefficient (Wildman–Crippen LogP) is 4.66. The van der Waals surface area contributed by atoms with Gasteiger partial charge in [-0.1, -0.05) is 23.2 Å². The number of hydrogen-bond donors (Lipinski definition) is 1. The highest BCUT2D eigenvalue weighted by Crippen LogP contribution is 2.34. The minimum atomic E-state index is -1.22. The molecule has 0 radical (unpaired) electrons. The van der Waals surface area contributed by atoms with Crippen LogP contribution in [-0.4, -0.2) is 31.7 Å². The maximum absolute atomic E-state index is 14.7. The molecule has 148 valence electrons. The Bertz CT molecular complexity index is 1140. The molecule has 0 spiro atoms. The second kappa shape index (κ2) is 7.57. The normalized spacial score (nSPS) is 13.2. The van der Waals surface area contributed by atoms with E-state index in [0.717, 1.165) is 24.5 Å². The number of pyridine rings is 1. The summed E-state index contributed by atoms with van der Waals surface area (Å²) < 4.78 is 15.9. The van der Waals surface area contributed by atoms with Crippen LogP contribution in [0.3, 0.4) is 0 Å². The first-order chi connectivity index (χ1) is 13.9. The summed E-state index contributed by atoms with van der Waals surface area (Å²) in [4.78, 5) is 28.1. The zero-order valence-electron chi connectivity index (χ0n) is 15.0. The maximum atomic E-state index is 14.7. The summed E-state index contributed by atoms with van der Waals surface area (Å²) in [5, 5.41) is 13.7. The number of rotatable bonds is 3. The van der Waals surface area contributed by atoms with Gasteiger partial charge in [0.1, 0.15) is 5.82 Å². The lowest BCUT2D eigenvalue weighted by molar-refractivity contribution is 0.0696. The monoisotopic (exact) mass is 433 g/mol. The third-order valence-electron chi connectivity index (χ3n) is 4.91. The van der Waals surface area contributed by atoms with Crippen LogP contribution in [-0.2, 0) is 12.8 Å². The average Bonchev–Trinajstić information content (AvgIpc) is 3.07. The molecule has 1 aliphatic carbocycles. The summed E-state index contributed by atoms with van der Waals surface area (Å²) in [6, 6.07) is 3.63. The van der Waals surface area contributed by atoms with E-state index in [9.17, 15) is 14.0 Å². The Balaban J connectivity index is 1.88. The molecule has 9 heteroatoms. The summed E-state index contributed by atoms with van der Waals surface area (Å²) in [7, 11) is 0. The molecule has 0 bridgehead atoms. The van der Waals surface area contributed by atoms with Crippen molar-refractivity contribution < 1.29 is 19.1 Å². The lowest BCUT2D eigenvalue weighted by Crippen LogP contribution is -2.19. The van der Waals surface area contributed by atoms with Gasteiger partial charge in [-0.05, 0) is 43.9 Å². The van der Waals surface area contributed by atoms with Gasteiger partial charge < -0.3 is 5.11 Å². The van der Waals surface area contributed by atoms with E-state index in [4.69, 9.17) is 28.3 Å². The number of fused-ring (bicyclic) bond motifs is 1. The van der Waals surface area contributed by atoms with Crippen molar-refractivity contribution in [3.8, 4) is 11.3 Å². The maximum Gasteiger partial charge on any atom is 0.335 e. The molecule has 1 aliphatic rings. The zero-order valence-corrected chi connectivity index (χ0v) is 16.5. The van der Waals surface area contributed by atoms with E-state index < -0.39 is 17.7 Å². The molecular formula is C20H14Cl2FN3O3. The van der Waals surface area contributed by atoms with Gasteiger partial charge in [-0.2, -0.15) is 9.78 Å². The molecule has 0 saturated heterocycles. The smallest absolute Gasteiger partial charge is 0.335 e. The summed E-state index contributed by atoms with van der Waals surface area (Å²) >= 11 is 12.3. The number of hydrogen-bond acceptors (Lipinski definition) is 4. The first-order valence-electron chi connectivity index (χ1n) is 8.86. The topological polar surface area (TPSA) is 85.1 Å². The van der Waals surface area contributed by atoms with Crippen LogP contribution < -0.4 is 0 Å². The first kappa shape index (κ1) is 19.5. The lowest BCUT2D eigenvalue weighted by atomic mass is 9.93. The number of halogens is 3. The molecule has 4 rings (SSSR count). The third-order valence-corrected chi connectivity index (χ3v) is 5.48. The van der Waals surface area contributed by atoms with Crippen LogP contribution in [0.2, 0.25) is 10.0 Å². The summed E-state index contributed by atoms with van der Waals surface area (Å²) in [6.07, 6.45) is 5.62. The Morgan fingerprint density at radius 1 is 1.10 bits per heavy atom. The third kappa shape index (κ3) is 3.41. The highest BCUT2D eigenvalue weighted by molar-refractivity contribution is 6.39. The van der Waals surface area contributed by atoms with Gasteiger partial charge in [0.2, 0.25) is 0 Å². The molecule has 1 aromatic carbocycles. The van der Waals surface area contributed by atoms with Crippen molar-refractivity contribution in [2.75, 3.05) is 0 Å². The molecule has 0 atom stereocenters. The number of aromatic carboxylic acids is 1. The largest absolute Gasteiger partial charge is 0.478 e. The molecule has 0 aliphatic heterocycles. The first-order valence-corrected chi connectivity index (χ1v) is 9.61. The molecule has 1 N–H and O–H groups in total. The van der Waals surface area contributed by atoms with Gasteiger partial charge >= 0.3 is 5.97 Å². The molecule has 2 heterocycles. The number of aromatic nitrogens is 3. The van der Waals surface area contributed by atoms with Crippen LogP contribution >= 0.6 is 23.2 Å². The molecule has 0 unspecified atom stereocenters. The molecule has 3 aromatic rings. The van der Waals surface area contributed by atoms with Crippen LogP contribution in [0.4, 0.5) is 4.39 Å². The van der Waals surface area contributed by atoms with Crippen molar-refractivity contribution in [1.82, 2.24) is 14.8 Å². The Hall–Kier alpha value is -2.77. The fraction of sp³-hybridized carbons (Fsp3) is 0.200. The van der Waals surface area contributed by atoms with Crippen molar-refractivity contribution in [3.05, 3.63) is 68.8 Å². The number of carboxylic acid groups (broad SMARTS) is 1. The number of nitrogens with zero attached hydrogens (tertiary/aromatic N) is 3. The second-order valence-electron chi connectivity index (χ2n) is 6.68. The predicted molar refractivity (Wildman–Crippen MR) is 105 cm³/mol. The van der Waals surface area contributed by atoms with Crippen molar-refractivity contribution in [3.63, 3.8) is 0 Å². The number of carboxylic acids is 1. The molecule has 0 amide bonds. The van der Waals surface area contributed by atoms with Gasteiger partial charge in [0, 0.05) is 23.5 Å². The van der Waals surface area contributed by atoms with Crippen LogP contribution in [0, 0.1) is 5.82 Å². The fourth-order valence-corrected chi connectivity index (χ4v) is 4.07. The molecule has 0 fully saturated rings. The summed E-state index contributed by atoms with van der Waals surface area (Å²) in [5.74, 6) is -2.45. The standard InChI is InChI=1S/C20H14Cl2FN3O3/c21-13-8-24-9-14(22)17(13)19(27)26-16-4-2-1-3-12(16)18(25-26)11-6-5-10(20(28)29)7-15(11)23/h5-9H,1-4H2,(H,28,29).